The summed E-state index contributed by atoms with van der Waals surface area (Å²) < 4.78 is 0. The molecular weight excluding hydrogens is 256 g/mol. The number of carbonyl (C=O) groups excluding carboxylic acids is 1. The summed E-state index contributed by atoms with van der Waals surface area (Å²) in [5.41, 5.74) is 0.360. The molecule has 1 N–H and O–H groups in total. The van der Waals surface area contributed by atoms with E-state index in [0.29, 0.717) is 20.6 Å². The minimum atomic E-state index is -0.307. The molecule has 80 valence electrons. The number of benzene rings is 1. The highest BCUT2D eigenvalue weighted by Gasteiger charge is 2.09. The van der Waals surface area contributed by atoms with Crippen molar-refractivity contribution in [3.05, 3.63) is 45.4 Å². The second-order valence-corrected chi connectivity index (χ2v) is 4.20. The maximum absolute atomic E-state index is 11.5. The number of hydrogen-bond acceptors (Lipinski definition) is 1. The molecular formula is C10H8Cl3NO. The summed E-state index contributed by atoms with van der Waals surface area (Å²) in [5, 5.41) is 3.71. The first kappa shape index (κ1) is 12.4. The van der Waals surface area contributed by atoms with Crippen molar-refractivity contribution in [2.45, 2.75) is 0 Å². The molecule has 1 rings (SSSR count). The van der Waals surface area contributed by atoms with Crippen LogP contribution in [-0.2, 0) is 0 Å². The van der Waals surface area contributed by atoms with Gasteiger partial charge in [-0.3, -0.25) is 4.79 Å². The minimum absolute atomic E-state index is 0.208. The highest BCUT2D eigenvalue weighted by atomic mass is 35.5. The molecule has 0 unspecified atom stereocenters. The minimum Gasteiger partial charge on any atom is -0.347 e. The molecule has 0 radical (unpaired) electrons. The van der Waals surface area contributed by atoms with Gasteiger partial charge in [0.1, 0.15) is 0 Å². The molecule has 0 aliphatic heterocycles. The van der Waals surface area contributed by atoms with Crippen molar-refractivity contribution in [2.24, 2.45) is 0 Å². The van der Waals surface area contributed by atoms with E-state index < -0.39 is 0 Å². The Kier molecular flexibility index (Phi) is 4.45. The fourth-order valence-electron chi connectivity index (χ4n) is 0.945. The number of halogens is 3. The Hall–Kier alpha value is -0.700. The Labute approximate surface area is 103 Å². The van der Waals surface area contributed by atoms with Gasteiger partial charge in [-0.25, -0.2) is 0 Å². The van der Waals surface area contributed by atoms with Crippen LogP contribution in [0.1, 0.15) is 10.4 Å². The van der Waals surface area contributed by atoms with Gasteiger partial charge in [0.25, 0.3) is 5.91 Å². The Balaban J connectivity index is 2.78. The van der Waals surface area contributed by atoms with E-state index in [9.17, 15) is 4.79 Å². The van der Waals surface area contributed by atoms with E-state index >= 15 is 0 Å². The topological polar surface area (TPSA) is 29.1 Å². The van der Waals surface area contributed by atoms with Gasteiger partial charge in [0, 0.05) is 10.1 Å². The molecule has 0 aromatic heterocycles. The fourth-order valence-corrected chi connectivity index (χ4v) is 1.51. The van der Waals surface area contributed by atoms with Crippen LogP contribution in [0.15, 0.2) is 29.8 Å². The van der Waals surface area contributed by atoms with Crippen molar-refractivity contribution < 1.29 is 4.79 Å². The van der Waals surface area contributed by atoms with Crippen molar-refractivity contribution >= 4 is 40.7 Å². The lowest BCUT2D eigenvalue weighted by atomic mass is 10.2. The molecule has 2 nitrogen and oxygen atoms in total. The summed E-state index contributed by atoms with van der Waals surface area (Å²) in [4.78, 5) is 11.5. The van der Waals surface area contributed by atoms with Gasteiger partial charge >= 0.3 is 0 Å². The number of nitrogens with one attached hydrogen (secondary N) is 1. The van der Waals surface area contributed by atoms with Crippen molar-refractivity contribution in [3.8, 4) is 0 Å². The van der Waals surface area contributed by atoms with E-state index in [2.05, 4.69) is 11.9 Å². The van der Waals surface area contributed by atoms with E-state index in [1.807, 2.05) is 0 Å². The summed E-state index contributed by atoms with van der Waals surface area (Å²) in [5.74, 6) is -0.307. The van der Waals surface area contributed by atoms with Crippen LogP contribution in [0, 0.1) is 0 Å². The second-order valence-electron chi connectivity index (χ2n) is 2.82. The van der Waals surface area contributed by atoms with Crippen LogP contribution in [0.5, 0.6) is 0 Å². The van der Waals surface area contributed by atoms with Crippen molar-refractivity contribution in [1.82, 2.24) is 5.32 Å². The first-order valence-corrected chi connectivity index (χ1v) is 5.20. The summed E-state index contributed by atoms with van der Waals surface area (Å²) in [7, 11) is 0. The van der Waals surface area contributed by atoms with Crippen LogP contribution in [0.3, 0.4) is 0 Å². The lowest BCUT2D eigenvalue weighted by Crippen LogP contribution is -2.24. The first-order valence-electron chi connectivity index (χ1n) is 4.07. The highest BCUT2D eigenvalue weighted by Crippen LogP contribution is 2.20. The molecule has 1 amide bonds. The van der Waals surface area contributed by atoms with E-state index in [-0.39, 0.29) is 12.5 Å². The monoisotopic (exact) mass is 263 g/mol. The van der Waals surface area contributed by atoms with Gasteiger partial charge in [0.2, 0.25) is 0 Å². The van der Waals surface area contributed by atoms with Crippen molar-refractivity contribution in [3.63, 3.8) is 0 Å². The molecule has 0 fully saturated rings. The third-order valence-electron chi connectivity index (χ3n) is 1.62. The molecule has 0 saturated carbocycles. The highest BCUT2D eigenvalue weighted by molar-refractivity contribution is 6.36. The number of carbonyl (C=O) groups is 1. The SMILES string of the molecule is C=C(Cl)CNC(=O)c1ccc(Cl)cc1Cl. The number of rotatable bonds is 3. The molecule has 0 heterocycles. The third-order valence-corrected chi connectivity index (χ3v) is 2.30. The smallest absolute Gasteiger partial charge is 0.253 e. The normalized spacial score (nSPS) is 9.80. The Morgan fingerprint density at radius 3 is 2.60 bits per heavy atom. The lowest BCUT2D eigenvalue weighted by molar-refractivity contribution is 0.0958. The average molecular weight is 265 g/mol. The van der Waals surface area contributed by atoms with Crippen LogP contribution >= 0.6 is 34.8 Å². The quantitative estimate of drug-likeness (QED) is 0.890. The molecule has 0 aliphatic rings. The maximum atomic E-state index is 11.5. The van der Waals surface area contributed by atoms with Gasteiger partial charge < -0.3 is 5.32 Å². The molecule has 0 bridgehead atoms. The number of amides is 1. The van der Waals surface area contributed by atoms with E-state index in [1.54, 1.807) is 12.1 Å². The predicted molar refractivity (Wildman–Crippen MR) is 63.8 cm³/mol. The zero-order valence-electron chi connectivity index (χ0n) is 7.69. The van der Waals surface area contributed by atoms with Gasteiger partial charge in [-0.2, -0.15) is 0 Å². The standard InChI is InChI=1S/C10H8Cl3NO/c1-6(11)5-14-10(15)8-3-2-7(12)4-9(8)13/h2-4H,1,5H2,(H,14,15). The third kappa shape index (κ3) is 3.74. The molecule has 1 aromatic carbocycles. The van der Waals surface area contributed by atoms with E-state index in [0.717, 1.165) is 0 Å². The maximum Gasteiger partial charge on any atom is 0.253 e. The summed E-state index contributed by atoms with van der Waals surface area (Å²) >= 11 is 17.0. The van der Waals surface area contributed by atoms with Gasteiger partial charge in [-0.05, 0) is 18.2 Å². The Morgan fingerprint density at radius 2 is 2.07 bits per heavy atom. The first-order chi connectivity index (χ1) is 7.00. The summed E-state index contributed by atoms with van der Waals surface area (Å²) in [6.07, 6.45) is 0. The Bertz CT molecular complexity index is 404. The molecule has 15 heavy (non-hydrogen) atoms. The molecule has 0 aliphatic carbocycles. The van der Waals surface area contributed by atoms with Crippen LogP contribution in [0.2, 0.25) is 10.0 Å². The van der Waals surface area contributed by atoms with Crippen molar-refractivity contribution in [1.29, 1.82) is 0 Å². The van der Waals surface area contributed by atoms with Crippen LogP contribution < -0.4 is 5.32 Å². The van der Waals surface area contributed by atoms with E-state index in [1.165, 1.54) is 6.07 Å². The molecule has 0 atom stereocenters. The van der Waals surface area contributed by atoms with Gasteiger partial charge in [0.15, 0.2) is 0 Å². The van der Waals surface area contributed by atoms with Crippen molar-refractivity contribution in [2.75, 3.05) is 6.54 Å². The number of hydrogen-bond donors (Lipinski definition) is 1. The fraction of sp³-hybridized carbons (Fsp3) is 0.100. The molecule has 1 aromatic rings. The van der Waals surface area contributed by atoms with Crippen LogP contribution in [0.4, 0.5) is 0 Å². The predicted octanol–water partition coefficient (Wildman–Crippen LogP) is 3.48. The zero-order chi connectivity index (χ0) is 11.4. The molecule has 0 saturated heterocycles. The lowest BCUT2D eigenvalue weighted by Gasteiger charge is -2.05. The average Bonchev–Trinajstić information content (AvgIpc) is 2.14. The van der Waals surface area contributed by atoms with Crippen LogP contribution in [0.25, 0.3) is 0 Å². The van der Waals surface area contributed by atoms with E-state index in [4.69, 9.17) is 34.8 Å². The van der Waals surface area contributed by atoms with Gasteiger partial charge in [-0.1, -0.05) is 41.4 Å². The van der Waals surface area contributed by atoms with Gasteiger partial charge in [-0.15, -0.1) is 0 Å². The van der Waals surface area contributed by atoms with Crippen LogP contribution in [-0.4, -0.2) is 12.5 Å². The Morgan fingerprint density at radius 1 is 1.40 bits per heavy atom. The summed E-state index contributed by atoms with van der Waals surface area (Å²) in [6, 6.07) is 4.66. The second kappa shape index (κ2) is 5.40. The molecule has 0 spiro atoms. The van der Waals surface area contributed by atoms with Gasteiger partial charge in [0.05, 0.1) is 17.1 Å². The summed E-state index contributed by atoms with van der Waals surface area (Å²) in [6.45, 7) is 3.66. The molecule has 5 heteroatoms. The largest absolute Gasteiger partial charge is 0.347 e. The zero-order valence-corrected chi connectivity index (χ0v) is 9.96.